The van der Waals surface area contributed by atoms with Crippen LogP contribution in [0.3, 0.4) is 0 Å². The van der Waals surface area contributed by atoms with Gasteiger partial charge in [0.15, 0.2) is 0 Å². The summed E-state index contributed by atoms with van der Waals surface area (Å²) in [5.41, 5.74) is 1.46. The minimum absolute atomic E-state index is 0.0508. The summed E-state index contributed by atoms with van der Waals surface area (Å²) in [5.74, 6) is -0.104. The number of carbonyl (C=O) groups is 1. The van der Waals surface area contributed by atoms with Crippen molar-refractivity contribution in [1.29, 1.82) is 0 Å². The van der Waals surface area contributed by atoms with E-state index in [9.17, 15) is 13.2 Å². The van der Waals surface area contributed by atoms with Crippen molar-refractivity contribution in [3.05, 3.63) is 35.4 Å². The Balaban J connectivity index is 2.74. The van der Waals surface area contributed by atoms with Crippen LogP contribution in [0.15, 0.2) is 24.3 Å². The molecule has 0 radical (unpaired) electrons. The van der Waals surface area contributed by atoms with E-state index in [0.29, 0.717) is 5.56 Å². The number of nitrogens with one attached hydrogen (secondary N) is 3. The molecule has 0 aliphatic rings. The van der Waals surface area contributed by atoms with Crippen LogP contribution in [0.1, 0.15) is 25.0 Å². The highest BCUT2D eigenvalue weighted by Gasteiger charge is 2.12. The predicted octanol–water partition coefficient (Wildman–Crippen LogP) is 0.943. The van der Waals surface area contributed by atoms with E-state index in [2.05, 4.69) is 15.4 Å². The van der Waals surface area contributed by atoms with Crippen molar-refractivity contribution in [2.45, 2.75) is 32.2 Å². The van der Waals surface area contributed by atoms with Gasteiger partial charge in [-0.15, -0.1) is 0 Å². The van der Waals surface area contributed by atoms with E-state index in [-0.39, 0.29) is 24.4 Å². The molecular formula is C13H21N3O3S. The van der Waals surface area contributed by atoms with E-state index < -0.39 is 10.0 Å². The van der Waals surface area contributed by atoms with Crippen LogP contribution in [-0.2, 0) is 22.3 Å². The summed E-state index contributed by atoms with van der Waals surface area (Å²) in [5, 5.41) is 5.42. The number of hydrogen-bond donors (Lipinski definition) is 3. The molecule has 1 aromatic rings. The zero-order chi connectivity index (χ0) is 15.2. The van der Waals surface area contributed by atoms with Crippen molar-refractivity contribution in [1.82, 2.24) is 15.4 Å². The quantitative estimate of drug-likeness (QED) is 0.730. The normalized spacial score (nSPS) is 11.4. The molecule has 1 aromatic carbocycles. The van der Waals surface area contributed by atoms with Crippen LogP contribution in [-0.4, -0.2) is 27.5 Å². The second kappa shape index (κ2) is 7.25. The Labute approximate surface area is 120 Å². The van der Waals surface area contributed by atoms with Gasteiger partial charge in [0.2, 0.25) is 10.0 Å². The lowest BCUT2D eigenvalue weighted by molar-refractivity contribution is 0.238. The predicted molar refractivity (Wildman–Crippen MR) is 78.6 cm³/mol. The van der Waals surface area contributed by atoms with Crippen molar-refractivity contribution in [3.8, 4) is 0 Å². The van der Waals surface area contributed by atoms with Gasteiger partial charge in [0.1, 0.15) is 0 Å². The Morgan fingerprint density at radius 1 is 1.20 bits per heavy atom. The lowest BCUT2D eigenvalue weighted by Crippen LogP contribution is -2.39. The summed E-state index contributed by atoms with van der Waals surface area (Å²) < 4.78 is 25.5. The molecule has 0 unspecified atom stereocenters. The lowest BCUT2D eigenvalue weighted by atomic mass is 10.1. The molecular weight excluding hydrogens is 278 g/mol. The lowest BCUT2D eigenvalue weighted by Gasteiger charge is -2.13. The summed E-state index contributed by atoms with van der Waals surface area (Å²) in [6, 6.07) is 6.91. The van der Waals surface area contributed by atoms with Gasteiger partial charge in [-0.25, -0.2) is 17.9 Å². The molecule has 0 saturated carbocycles. The second-order valence-electron chi connectivity index (χ2n) is 4.71. The van der Waals surface area contributed by atoms with Crippen LogP contribution in [0.2, 0.25) is 0 Å². The van der Waals surface area contributed by atoms with Gasteiger partial charge in [0, 0.05) is 12.6 Å². The molecule has 0 aliphatic heterocycles. The first-order valence-corrected chi connectivity index (χ1v) is 8.01. The molecule has 0 saturated heterocycles. The van der Waals surface area contributed by atoms with Crippen molar-refractivity contribution >= 4 is 16.1 Å². The molecule has 0 fully saturated rings. The third-order valence-corrected chi connectivity index (χ3v) is 3.95. The van der Waals surface area contributed by atoms with Crippen LogP contribution in [0.25, 0.3) is 0 Å². The highest BCUT2D eigenvalue weighted by molar-refractivity contribution is 7.88. The van der Waals surface area contributed by atoms with Crippen LogP contribution in [0.4, 0.5) is 4.79 Å². The first-order valence-electron chi connectivity index (χ1n) is 6.36. The molecule has 0 heterocycles. The van der Waals surface area contributed by atoms with Crippen LogP contribution in [0.5, 0.6) is 0 Å². The topological polar surface area (TPSA) is 87.3 Å². The SMILES string of the molecule is CNS(=O)(=O)Cc1ccccc1CNC(=O)NC(C)C. The number of rotatable bonds is 6. The van der Waals surface area contributed by atoms with E-state index in [0.717, 1.165) is 5.56 Å². The number of amides is 2. The zero-order valence-corrected chi connectivity index (χ0v) is 12.8. The molecule has 1 rings (SSSR count). The van der Waals surface area contributed by atoms with E-state index in [1.807, 2.05) is 19.9 Å². The van der Waals surface area contributed by atoms with Gasteiger partial charge in [0.25, 0.3) is 0 Å². The molecule has 3 N–H and O–H groups in total. The standard InChI is InChI=1S/C13H21N3O3S/c1-10(2)16-13(17)15-8-11-6-4-5-7-12(11)9-20(18,19)14-3/h4-7,10,14H,8-9H2,1-3H3,(H2,15,16,17). The highest BCUT2D eigenvalue weighted by Crippen LogP contribution is 2.11. The zero-order valence-electron chi connectivity index (χ0n) is 11.9. The molecule has 7 heteroatoms. The maximum Gasteiger partial charge on any atom is 0.315 e. The molecule has 0 aromatic heterocycles. The van der Waals surface area contributed by atoms with E-state index in [1.54, 1.807) is 18.2 Å². The highest BCUT2D eigenvalue weighted by atomic mass is 32.2. The molecule has 6 nitrogen and oxygen atoms in total. The fraction of sp³-hybridized carbons (Fsp3) is 0.462. The van der Waals surface area contributed by atoms with Crippen molar-refractivity contribution in [2.24, 2.45) is 0 Å². The Morgan fingerprint density at radius 2 is 1.80 bits per heavy atom. The average Bonchev–Trinajstić information content (AvgIpc) is 2.36. The molecule has 112 valence electrons. The summed E-state index contributed by atoms with van der Waals surface area (Å²) >= 11 is 0. The molecule has 2 amide bonds. The van der Waals surface area contributed by atoms with E-state index in [1.165, 1.54) is 7.05 Å². The molecule has 20 heavy (non-hydrogen) atoms. The molecule has 0 atom stereocenters. The van der Waals surface area contributed by atoms with Crippen LogP contribution < -0.4 is 15.4 Å². The number of benzene rings is 1. The van der Waals surface area contributed by atoms with Crippen LogP contribution >= 0.6 is 0 Å². The summed E-state index contributed by atoms with van der Waals surface area (Å²) in [6.45, 7) is 4.02. The average molecular weight is 299 g/mol. The summed E-state index contributed by atoms with van der Waals surface area (Å²) in [6.07, 6.45) is 0. The fourth-order valence-electron chi connectivity index (χ4n) is 1.64. The van der Waals surface area contributed by atoms with Crippen molar-refractivity contribution in [3.63, 3.8) is 0 Å². The van der Waals surface area contributed by atoms with Crippen LogP contribution in [0, 0.1) is 0 Å². The summed E-state index contributed by atoms with van der Waals surface area (Å²) in [4.78, 5) is 11.5. The Morgan fingerprint density at radius 3 is 2.35 bits per heavy atom. The van der Waals surface area contributed by atoms with Gasteiger partial charge >= 0.3 is 6.03 Å². The smallest absolute Gasteiger partial charge is 0.315 e. The third kappa shape index (κ3) is 5.58. The van der Waals surface area contributed by atoms with Crippen molar-refractivity contribution < 1.29 is 13.2 Å². The second-order valence-corrected chi connectivity index (χ2v) is 6.64. The molecule has 0 spiro atoms. The Bertz CT molecular complexity index is 556. The van der Waals surface area contributed by atoms with Gasteiger partial charge in [-0.1, -0.05) is 24.3 Å². The number of hydrogen-bond acceptors (Lipinski definition) is 3. The van der Waals surface area contributed by atoms with Gasteiger partial charge < -0.3 is 10.6 Å². The number of sulfonamides is 1. The first kappa shape index (κ1) is 16.5. The van der Waals surface area contributed by atoms with Gasteiger partial charge in [-0.2, -0.15) is 0 Å². The Kier molecular flexibility index (Phi) is 5.97. The number of urea groups is 1. The minimum atomic E-state index is -3.33. The maximum atomic E-state index is 11.6. The monoisotopic (exact) mass is 299 g/mol. The third-order valence-electron chi connectivity index (χ3n) is 2.63. The minimum Gasteiger partial charge on any atom is -0.336 e. The van der Waals surface area contributed by atoms with Gasteiger partial charge in [-0.3, -0.25) is 0 Å². The maximum absolute atomic E-state index is 11.6. The molecule has 0 bridgehead atoms. The fourth-order valence-corrected chi connectivity index (χ4v) is 2.47. The largest absolute Gasteiger partial charge is 0.336 e. The molecule has 0 aliphatic carbocycles. The van der Waals surface area contributed by atoms with Gasteiger partial charge in [0.05, 0.1) is 5.75 Å². The Hall–Kier alpha value is -1.60. The number of carbonyl (C=O) groups excluding carboxylic acids is 1. The van der Waals surface area contributed by atoms with E-state index in [4.69, 9.17) is 0 Å². The van der Waals surface area contributed by atoms with Gasteiger partial charge in [-0.05, 0) is 32.0 Å². The summed E-state index contributed by atoms with van der Waals surface area (Å²) in [7, 11) is -1.95. The van der Waals surface area contributed by atoms with Crippen molar-refractivity contribution in [2.75, 3.05) is 7.05 Å². The first-order chi connectivity index (χ1) is 9.34. The van der Waals surface area contributed by atoms with E-state index >= 15 is 0 Å².